The maximum Gasteiger partial charge on any atom is 0.274 e. The minimum Gasteiger partial charge on any atom is -0.503 e. The molecule has 0 radical (unpaired) electrons. The third kappa shape index (κ3) is 4.38. The van der Waals surface area contributed by atoms with Crippen molar-refractivity contribution >= 4 is 11.7 Å². The number of hydrogen-bond acceptors (Lipinski definition) is 5. The van der Waals surface area contributed by atoms with Gasteiger partial charge in [-0.15, -0.1) is 0 Å². The number of benzene rings is 2. The van der Waals surface area contributed by atoms with E-state index in [4.69, 9.17) is 0 Å². The number of likely N-dealkylation sites (N-methyl/N-ethyl adjacent to an activating group) is 2. The second kappa shape index (κ2) is 9.85. The average molecular weight is 460 g/mol. The van der Waals surface area contributed by atoms with Crippen molar-refractivity contribution in [3.8, 4) is 0 Å². The lowest BCUT2D eigenvalue weighted by Crippen LogP contribution is -2.57. The van der Waals surface area contributed by atoms with Crippen LogP contribution in [-0.4, -0.2) is 78.3 Å². The highest BCUT2D eigenvalue weighted by Gasteiger charge is 2.42. The van der Waals surface area contributed by atoms with Gasteiger partial charge in [0.1, 0.15) is 5.70 Å². The quantitative estimate of drug-likeness (QED) is 0.531. The molecule has 1 unspecified atom stereocenters. The topological polar surface area (TPSA) is 64.1 Å². The van der Waals surface area contributed by atoms with Crippen LogP contribution in [0.25, 0.3) is 0 Å². The number of hydrogen-bond donors (Lipinski definition) is 1. The normalized spacial score (nSPS) is 20.0. The monoisotopic (exact) mass is 459 g/mol. The molecule has 1 heterocycles. The van der Waals surface area contributed by atoms with Crippen molar-refractivity contribution < 1.29 is 14.7 Å². The van der Waals surface area contributed by atoms with Crippen molar-refractivity contribution in [2.45, 2.75) is 24.8 Å². The van der Waals surface area contributed by atoms with Crippen LogP contribution >= 0.6 is 0 Å². The third-order valence-electron chi connectivity index (χ3n) is 7.04. The Balaban J connectivity index is 1.88. The Morgan fingerprint density at radius 2 is 1.65 bits per heavy atom. The molecular formula is C28H33N3O3. The minimum atomic E-state index is -0.648. The van der Waals surface area contributed by atoms with E-state index in [9.17, 15) is 14.7 Å². The van der Waals surface area contributed by atoms with Gasteiger partial charge in [0.2, 0.25) is 5.78 Å². The van der Waals surface area contributed by atoms with E-state index in [1.807, 2.05) is 30.9 Å². The smallest absolute Gasteiger partial charge is 0.274 e. The summed E-state index contributed by atoms with van der Waals surface area (Å²) in [5.41, 5.74) is 5.11. The molecule has 1 fully saturated rings. The molecule has 1 N–H and O–H groups in total. The Labute approximate surface area is 201 Å². The highest BCUT2D eigenvalue weighted by atomic mass is 16.3. The first kappa shape index (κ1) is 23.8. The van der Waals surface area contributed by atoms with Gasteiger partial charge in [-0.2, -0.15) is 0 Å². The zero-order chi connectivity index (χ0) is 24.4. The van der Waals surface area contributed by atoms with Crippen molar-refractivity contribution in [3.63, 3.8) is 0 Å². The molecule has 178 valence electrons. The molecule has 1 aliphatic carbocycles. The van der Waals surface area contributed by atoms with E-state index in [0.717, 1.165) is 18.9 Å². The van der Waals surface area contributed by atoms with Gasteiger partial charge < -0.3 is 19.8 Å². The number of allylic oxidation sites excluding steroid dienone is 1. The fourth-order valence-electron chi connectivity index (χ4n) is 5.20. The van der Waals surface area contributed by atoms with Crippen molar-refractivity contribution in [2.24, 2.45) is 0 Å². The van der Waals surface area contributed by atoms with Gasteiger partial charge in [0.15, 0.2) is 5.76 Å². The predicted octanol–water partition coefficient (Wildman–Crippen LogP) is 3.15. The minimum absolute atomic E-state index is 0.0171. The lowest BCUT2D eigenvalue weighted by atomic mass is 9.80. The van der Waals surface area contributed by atoms with Crippen molar-refractivity contribution in [1.29, 1.82) is 0 Å². The number of nitrogens with zero attached hydrogens (tertiary/aromatic N) is 3. The molecule has 2 aliphatic rings. The summed E-state index contributed by atoms with van der Waals surface area (Å²) in [6.45, 7) is 5.18. The summed E-state index contributed by atoms with van der Waals surface area (Å²) in [6.07, 6.45) is 2.95. The van der Waals surface area contributed by atoms with Gasteiger partial charge in [0.05, 0.1) is 6.04 Å². The Morgan fingerprint density at radius 1 is 1.09 bits per heavy atom. The Hall–Kier alpha value is -3.38. The van der Waals surface area contributed by atoms with Crippen molar-refractivity contribution in [1.82, 2.24) is 14.7 Å². The molecule has 1 aliphatic heterocycles. The van der Waals surface area contributed by atoms with Crippen LogP contribution in [-0.2, 0) is 22.4 Å². The number of rotatable bonds is 6. The number of ketones is 1. The molecule has 1 saturated heterocycles. The SMILES string of the molecule is C=CC(=O)/C(O)=C1/C(=O)N(CCN(C)C)CC(C2c3ccccc3CCc3ccccc32)N1C. The molecule has 6 nitrogen and oxygen atoms in total. The first-order chi connectivity index (χ1) is 16.3. The summed E-state index contributed by atoms with van der Waals surface area (Å²) in [5.74, 6) is -1.54. The van der Waals surface area contributed by atoms with E-state index in [2.05, 4.69) is 55.1 Å². The number of amides is 1. The number of fused-ring (bicyclic) bond motifs is 2. The molecule has 1 atom stereocenters. The Kier molecular flexibility index (Phi) is 6.89. The largest absolute Gasteiger partial charge is 0.503 e. The maximum atomic E-state index is 13.5. The van der Waals surface area contributed by atoms with Crippen molar-refractivity contribution in [2.75, 3.05) is 40.8 Å². The number of aliphatic hydroxyl groups is 1. The van der Waals surface area contributed by atoms with Crippen LogP contribution in [0, 0.1) is 0 Å². The van der Waals surface area contributed by atoms with E-state index in [1.165, 1.54) is 22.3 Å². The van der Waals surface area contributed by atoms with Gasteiger partial charge in [0, 0.05) is 32.6 Å². The molecule has 2 aromatic carbocycles. The summed E-state index contributed by atoms with van der Waals surface area (Å²) >= 11 is 0. The molecule has 0 saturated carbocycles. The molecule has 4 rings (SSSR count). The fraction of sp³-hybridized carbons (Fsp3) is 0.357. The van der Waals surface area contributed by atoms with E-state index >= 15 is 0 Å². The number of aliphatic hydroxyl groups excluding tert-OH is 1. The van der Waals surface area contributed by atoms with Crippen LogP contribution in [0.5, 0.6) is 0 Å². The van der Waals surface area contributed by atoms with Gasteiger partial charge in [-0.25, -0.2) is 0 Å². The van der Waals surface area contributed by atoms with Crippen LogP contribution in [0.2, 0.25) is 0 Å². The van der Waals surface area contributed by atoms with Gasteiger partial charge in [0.25, 0.3) is 5.91 Å². The number of aryl methyl sites for hydroxylation is 2. The van der Waals surface area contributed by atoms with Gasteiger partial charge >= 0.3 is 0 Å². The van der Waals surface area contributed by atoms with Gasteiger partial charge in [-0.05, 0) is 55.3 Å². The molecule has 0 spiro atoms. The molecule has 34 heavy (non-hydrogen) atoms. The molecule has 1 amide bonds. The van der Waals surface area contributed by atoms with Gasteiger partial charge in [-0.3, -0.25) is 9.59 Å². The summed E-state index contributed by atoms with van der Waals surface area (Å²) < 4.78 is 0. The Morgan fingerprint density at radius 3 is 2.18 bits per heavy atom. The molecule has 6 heteroatoms. The van der Waals surface area contributed by atoms with Gasteiger partial charge in [-0.1, -0.05) is 55.1 Å². The lowest BCUT2D eigenvalue weighted by molar-refractivity contribution is -0.134. The van der Waals surface area contributed by atoms with Crippen LogP contribution in [0.15, 0.2) is 72.6 Å². The highest BCUT2D eigenvalue weighted by Crippen LogP contribution is 2.40. The maximum absolute atomic E-state index is 13.5. The Bertz CT molecular complexity index is 1090. The van der Waals surface area contributed by atoms with Crippen molar-refractivity contribution in [3.05, 3.63) is 94.9 Å². The predicted molar refractivity (Wildman–Crippen MR) is 134 cm³/mol. The summed E-state index contributed by atoms with van der Waals surface area (Å²) in [7, 11) is 5.74. The zero-order valence-electron chi connectivity index (χ0n) is 20.2. The molecular weight excluding hydrogens is 426 g/mol. The van der Waals surface area contributed by atoms with E-state index in [0.29, 0.717) is 19.6 Å². The lowest BCUT2D eigenvalue weighted by Gasteiger charge is -2.46. The first-order valence-electron chi connectivity index (χ1n) is 11.8. The molecule has 0 bridgehead atoms. The number of piperazine rings is 1. The first-order valence-corrected chi connectivity index (χ1v) is 11.8. The summed E-state index contributed by atoms with van der Waals surface area (Å²) in [6, 6.07) is 16.8. The summed E-state index contributed by atoms with van der Waals surface area (Å²) in [4.78, 5) is 31.4. The van der Waals surface area contributed by atoms with Crippen LogP contribution < -0.4 is 0 Å². The van der Waals surface area contributed by atoms with E-state index in [1.54, 1.807) is 4.90 Å². The fourth-order valence-corrected chi connectivity index (χ4v) is 5.20. The molecule has 0 aromatic heterocycles. The molecule has 2 aromatic rings. The van der Waals surface area contributed by atoms with E-state index < -0.39 is 11.5 Å². The van der Waals surface area contributed by atoms with E-state index in [-0.39, 0.29) is 23.6 Å². The number of carbonyl (C=O) groups is 2. The van der Waals surface area contributed by atoms with Crippen LogP contribution in [0.1, 0.15) is 28.2 Å². The van der Waals surface area contributed by atoms with Crippen LogP contribution in [0.4, 0.5) is 0 Å². The second-order valence-corrected chi connectivity index (χ2v) is 9.37. The highest BCUT2D eigenvalue weighted by molar-refractivity contribution is 6.08. The standard InChI is InChI=1S/C28H33N3O3/c1-5-24(32)27(33)26-28(34)31(17-16-29(2)3)18-23(30(26)4)25-21-12-8-6-10-19(21)14-15-20-11-7-9-13-22(20)25/h5-13,23,25,33H,1,14-18H2,2-4H3/b27-26+. The third-order valence-corrected chi connectivity index (χ3v) is 7.04. The average Bonchev–Trinajstić information content (AvgIpc) is 3.00. The number of carbonyl (C=O) groups excluding carboxylic acids is 2. The van der Waals surface area contributed by atoms with Crippen LogP contribution in [0.3, 0.4) is 0 Å². The zero-order valence-corrected chi connectivity index (χ0v) is 20.2. The summed E-state index contributed by atoms with van der Waals surface area (Å²) in [5, 5.41) is 10.8. The second-order valence-electron chi connectivity index (χ2n) is 9.37.